The van der Waals surface area contributed by atoms with Crippen molar-refractivity contribution in [2.24, 2.45) is 5.92 Å². The van der Waals surface area contributed by atoms with Gasteiger partial charge in [-0.3, -0.25) is 4.79 Å². The quantitative estimate of drug-likeness (QED) is 0.656. The minimum atomic E-state index is -0.266. The minimum absolute atomic E-state index is 0.0849. The van der Waals surface area contributed by atoms with Gasteiger partial charge >= 0.3 is 5.97 Å². The molecule has 2 aromatic rings. The largest absolute Gasteiger partial charge is 0.465 e. The fraction of sp³-hybridized carbons (Fsp3) is 0.571. The lowest BCUT2D eigenvalue weighted by atomic mass is 9.98. The Morgan fingerprint density at radius 3 is 3.14 bits per heavy atom. The number of carbonyl (C=O) groups excluding carboxylic acids is 1. The van der Waals surface area contributed by atoms with Gasteiger partial charge in [0.2, 0.25) is 0 Å². The van der Waals surface area contributed by atoms with Crippen molar-refractivity contribution >= 4 is 23.0 Å². The SMILES string of the molecule is CC(=O)OC[C@H]1C[C@@H](n2cnc3c(N)ncnc32)[C@H]2O[C@@]12C. The van der Waals surface area contributed by atoms with Gasteiger partial charge in [-0.1, -0.05) is 0 Å². The third-order valence-electron chi connectivity index (χ3n) is 4.81. The van der Waals surface area contributed by atoms with Crippen molar-refractivity contribution < 1.29 is 14.3 Å². The molecule has 0 amide bonds. The van der Waals surface area contributed by atoms with E-state index in [0.717, 1.165) is 6.42 Å². The van der Waals surface area contributed by atoms with Crippen LogP contribution >= 0.6 is 0 Å². The molecule has 8 nitrogen and oxygen atoms in total. The van der Waals surface area contributed by atoms with E-state index in [1.165, 1.54) is 13.3 Å². The average molecular weight is 303 g/mol. The Labute approximate surface area is 126 Å². The summed E-state index contributed by atoms with van der Waals surface area (Å²) < 4.78 is 13.1. The number of nitrogen functional groups attached to an aromatic ring is 1. The van der Waals surface area contributed by atoms with Gasteiger partial charge in [0.1, 0.15) is 23.5 Å². The number of imidazole rings is 1. The number of fused-ring (bicyclic) bond motifs is 2. The molecule has 22 heavy (non-hydrogen) atoms. The number of rotatable bonds is 3. The van der Waals surface area contributed by atoms with Crippen LogP contribution in [0.4, 0.5) is 5.82 Å². The van der Waals surface area contributed by atoms with Gasteiger partial charge in [-0.05, 0) is 13.3 Å². The summed E-state index contributed by atoms with van der Waals surface area (Å²) in [6, 6.07) is 0.116. The molecule has 2 aliphatic rings. The molecule has 1 saturated carbocycles. The lowest BCUT2D eigenvalue weighted by Gasteiger charge is -2.19. The Balaban J connectivity index is 1.64. The number of hydrogen-bond acceptors (Lipinski definition) is 7. The first kappa shape index (κ1) is 13.4. The highest BCUT2D eigenvalue weighted by Gasteiger charge is 2.67. The number of anilines is 1. The fourth-order valence-electron chi connectivity index (χ4n) is 3.50. The van der Waals surface area contributed by atoms with E-state index in [4.69, 9.17) is 15.2 Å². The zero-order valence-corrected chi connectivity index (χ0v) is 12.4. The van der Waals surface area contributed by atoms with E-state index in [1.54, 1.807) is 6.33 Å². The lowest BCUT2D eigenvalue weighted by molar-refractivity contribution is -0.143. The molecule has 4 rings (SSSR count). The molecule has 116 valence electrons. The highest BCUT2D eigenvalue weighted by atomic mass is 16.6. The van der Waals surface area contributed by atoms with Gasteiger partial charge in [0.15, 0.2) is 11.5 Å². The Morgan fingerprint density at radius 2 is 2.36 bits per heavy atom. The maximum atomic E-state index is 11.0. The highest BCUT2D eigenvalue weighted by Crippen LogP contribution is 2.58. The summed E-state index contributed by atoms with van der Waals surface area (Å²) in [4.78, 5) is 23.6. The Kier molecular flexibility index (Phi) is 2.68. The summed E-state index contributed by atoms with van der Waals surface area (Å²) in [6.07, 6.45) is 4.11. The van der Waals surface area contributed by atoms with Crippen LogP contribution in [0, 0.1) is 5.92 Å². The van der Waals surface area contributed by atoms with Crippen LogP contribution in [0.25, 0.3) is 11.2 Å². The van der Waals surface area contributed by atoms with E-state index in [0.29, 0.717) is 23.6 Å². The predicted molar refractivity (Wildman–Crippen MR) is 76.8 cm³/mol. The van der Waals surface area contributed by atoms with E-state index in [9.17, 15) is 4.79 Å². The van der Waals surface area contributed by atoms with Gasteiger partial charge in [-0.15, -0.1) is 0 Å². The van der Waals surface area contributed by atoms with E-state index < -0.39 is 0 Å². The van der Waals surface area contributed by atoms with Gasteiger partial charge in [-0.2, -0.15) is 0 Å². The first-order valence-corrected chi connectivity index (χ1v) is 7.25. The van der Waals surface area contributed by atoms with Crippen LogP contribution < -0.4 is 5.73 Å². The summed E-state index contributed by atoms with van der Waals surface area (Å²) in [7, 11) is 0. The van der Waals surface area contributed by atoms with E-state index >= 15 is 0 Å². The van der Waals surface area contributed by atoms with Crippen LogP contribution in [0.2, 0.25) is 0 Å². The van der Waals surface area contributed by atoms with Gasteiger partial charge in [0.25, 0.3) is 0 Å². The molecular formula is C14H17N5O3. The van der Waals surface area contributed by atoms with Gasteiger partial charge in [-0.25, -0.2) is 15.0 Å². The highest BCUT2D eigenvalue weighted by molar-refractivity contribution is 5.81. The summed E-state index contributed by atoms with van der Waals surface area (Å²) in [6.45, 7) is 3.86. The molecule has 2 N–H and O–H groups in total. The smallest absolute Gasteiger partial charge is 0.302 e. The molecule has 0 bridgehead atoms. The van der Waals surface area contributed by atoms with Crippen LogP contribution in [0.5, 0.6) is 0 Å². The van der Waals surface area contributed by atoms with Crippen molar-refractivity contribution in [3.63, 3.8) is 0 Å². The van der Waals surface area contributed by atoms with Gasteiger partial charge < -0.3 is 19.8 Å². The molecule has 1 saturated heterocycles. The fourth-order valence-corrected chi connectivity index (χ4v) is 3.50. The molecule has 0 radical (unpaired) electrons. The number of nitrogens with zero attached hydrogens (tertiary/aromatic N) is 4. The van der Waals surface area contributed by atoms with Gasteiger partial charge in [0.05, 0.1) is 19.0 Å². The molecule has 0 unspecified atom stereocenters. The van der Waals surface area contributed by atoms with E-state index in [-0.39, 0.29) is 29.6 Å². The molecule has 4 atom stereocenters. The van der Waals surface area contributed by atoms with Crippen LogP contribution in [0.15, 0.2) is 12.7 Å². The summed E-state index contributed by atoms with van der Waals surface area (Å²) >= 11 is 0. The molecule has 3 heterocycles. The first-order chi connectivity index (χ1) is 10.5. The number of carbonyl (C=O) groups is 1. The minimum Gasteiger partial charge on any atom is -0.465 e. The molecule has 2 aromatic heterocycles. The van der Waals surface area contributed by atoms with Crippen molar-refractivity contribution in [1.82, 2.24) is 19.5 Å². The number of esters is 1. The second-order valence-electron chi connectivity index (χ2n) is 6.11. The number of nitrogens with two attached hydrogens (primary N) is 1. The molecule has 0 aromatic carbocycles. The normalized spacial score (nSPS) is 32.9. The number of hydrogen-bond donors (Lipinski definition) is 1. The van der Waals surface area contributed by atoms with Crippen LogP contribution in [-0.4, -0.2) is 43.8 Å². The summed E-state index contributed by atoms with van der Waals surface area (Å²) in [5.41, 5.74) is 6.91. The first-order valence-electron chi connectivity index (χ1n) is 7.25. The second kappa shape index (κ2) is 4.39. The Bertz CT molecular complexity index is 760. The monoisotopic (exact) mass is 303 g/mol. The molecule has 1 aliphatic heterocycles. The zero-order chi connectivity index (χ0) is 15.5. The topological polar surface area (TPSA) is 108 Å². The lowest BCUT2D eigenvalue weighted by Crippen LogP contribution is -2.23. The predicted octanol–water partition coefficient (Wildman–Crippen LogP) is 0.690. The molecular weight excluding hydrogens is 286 g/mol. The zero-order valence-electron chi connectivity index (χ0n) is 12.4. The van der Waals surface area contributed by atoms with E-state index in [2.05, 4.69) is 21.9 Å². The van der Waals surface area contributed by atoms with Crippen molar-refractivity contribution in [3.8, 4) is 0 Å². The standard InChI is InChI=1S/C14H17N5O3/c1-7(20)21-4-8-3-9(11-14(8,2)22-11)19-6-18-10-12(15)16-5-17-13(10)19/h5-6,8-9,11H,3-4H2,1-2H3,(H2,15,16,17)/t8-,9-,11-,14+/m1/s1. The maximum Gasteiger partial charge on any atom is 0.302 e. The van der Waals surface area contributed by atoms with Crippen molar-refractivity contribution in [2.45, 2.75) is 38.0 Å². The molecule has 0 spiro atoms. The van der Waals surface area contributed by atoms with Crippen molar-refractivity contribution in [3.05, 3.63) is 12.7 Å². The van der Waals surface area contributed by atoms with E-state index in [1.807, 2.05) is 4.57 Å². The molecule has 8 heteroatoms. The Morgan fingerprint density at radius 1 is 1.55 bits per heavy atom. The van der Waals surface area contributed by atoms with Crippen LogP contribution in [0.3, 0.4) is 0 Å². The molecule has 2 fully saturated rings. The Hall–Kier alpha value is -2.22. The summed E-state index contributed by atoms with van der Waals surface area (Å²) in [5.74, 6) is 0.276. The maximum absolute atomic E-state index is 11.0. The van der Waals surface area contributed by atoms with Crippen molar-refractivity contribution in [1.29, 1.82) is 0 Å². The average Bonchev–Trinajstić information content (AvgIpc) is 2.87. The third-order valence-corrected chi connectivity index (χ3v) is 4.81. The third kappa shape index (κ3) is 1.80. The second-order valence-corrected chi connectivity index (χ2v) is 6.11. The van der Waals surface area contributed by atoms with Gasteiger partial charge in [0, 0.05) is 12.8 Å². The number of epoxide rings is 1. The van der Waals surface area contributed by atoms with Crippen LogP contribution in [0.1, 0.15) is 26.3 Å². The number of ether oxygens (including phenoxy) is 2. The van der Waals surface area contributed by atoms with Crippen molar-refractivity contribution in [2.75, 3.05) is 12.3 Å². The summed E-state index contributed by atoms with van der Waals surface area (Å²) in [5, 5.41) is 0. The number of aromatic nitrogens is 4. The molecule has 1 aliphatic carbocycles. The van der Waals surface area contributed by atoms with Crippen LogP contribution in [-0.2, 0) is 14.3 Å².